The van der Waals surface area contributed by atoms with Crippen molar-refractivity contribution in [1.82, 2.24) is 5.32 Å². The molecule has 0 saturated heterocycles. The standard InChI is InChI=1S/C16H15BrFNO/c1-10-6-7-14(15(18)8-10)16(20)19-11(2)12-4-3-5-13(17)9-12/h3-9,11H,1-2H3,(H,19,20). The van der Waals surface area contributed by atoms with Gasteiger partial charge in [0.15, 0.2) is 0 Å². The molecule has 2 rings (SSSR count). The van der Waals surface area contributed by atoms with Crippen molar-refractivity contribution in [2.45, 2.75) is 19.9 Å². The molecule has 1 N–H and O–H groups in total. The molecule has 0 fully saturated rings. The minimum atomic E-state index is -0.496. The summed E-state index contributed by atoms with van der Waals surface area (Å²) in [5.41, 5.74) is 1.82. The van der Waals surface area contributed by atoms with Crippen molar-refractivity contribution in [2.24, 2.45) is 0 Å². The monoisotopic (exact) mass is 335 g/mol. The molecule has 0 aliphatic rings. The number of halogens is 2. The molecule has 2 aromatic carbocycles. The Kier molecular flexibility index (Phi) is 4.55. The number of hydrogen-bond donors (Lipinski definition) is 1. The van der Waals surface area contributed by atoms with Gasteiger partial charge in [-0.25, -0.2) is 4.39 Å². The lowest BCUT2D eigenvalue weighted by molar-refractivity contribution is 0.0936. The highest BCUT2D eigenvalue weighted by atomic mass is 79.9. The number of rotatable bonds is 3. The molecule has 0 aliphatic carbocycles. The highest BCUT2D eigenvalue weighted by Crippen LogP contribution is 2.19. The lowest BCUT2D eigenvalue weighted by atomic mass is 10.1. The molecule has 4 heteroatoms. The molecule has 0 saturated carbocycles. The normalized spacial score (nSPS) is 12.0. The van der Waals surface area contributed by atoms with E-state index in [2.05, 4.69) is 21.2 Å². The van der Waals surface area contributed by atoms with Crippen LogP contribution in [0.5, 0.6) is 0 Å². The van der Waals surface area contributed by atoms with Gasteiger partial charge in [0.1, 0.15) is 5.82 Å². The van der Waals surface area contributed by atoms with Crippen LogP contribution >= 0.6 is 15.9 Å². The van der Waals surface area contributed by atoms with Gasteiger partial charge in [0.2, 0.25) is 0 Å². The molecule has 1 unspecified atom stereocenters. The van der Waals surface area contributed by atoms with Crippen molar-refractivity contribution in [1.29, 1.82) is 0 Å². The average molecular weight is 336 g/mol. The van der Waals surface area contributed by atoms with Gasteiger partial charge in [0, 0.05) is 4.47 Å². The van der Waals surface area contributed by atoms with E-state index < -0.39 is 11.7 Å². The lowest BCUT2D eigenvalue weighted by Gasteiger charge is -2.15. The average Bonchev–Trinajstić information content (AvgIpc) is 2.38. The number of amides is 1. The SMILES string of the molecule is Cc1ccc(C(=O)NC(C)c2cccc(Br)c2)c(F)c1. The fourth-order valence-electron chi connectivity index (χ4n) is 1.94. The zero-order valence-corrected chi connectivity index (χ0v) is 12.9. The lowest BCUT2D eigenvalue weighted by Crippen LogP contribution is -2.27. The second kappa shape index (κ2) is 6.18. The van der Waals surface area contributed by atoms with Gasteiger partial charge in [0.25, 0.3) is 5.91 Å². The van der Waals surface area contributed by atoms with Crippen LogP contribution < -0.4 is 5.32 Å². The Morgan fingerprint density at radius 2 is 2.00 bits per heavy atom. The van der Waals surface area contributed by atoms with Gasteiger partial charge in [-0.2, -0.15) is 0 Å². The molecule has 0 aromatic heterocycles. The minimum absolute atomic E-state index is 0.0671. The van der Waals surface area contributed by atoms with Gasteiger partial charge in [0.05, 0.1) is 11.6 Å². The van der Waals surface area contributed by atoms with E-state index in [9.17, 15) is 9.18 Å². The topological polar surface area (TPSA) is 29.1 Å². The molecule has 1 atom stereocenters. The molecular weight excluding hydrogens is 321 g/mol. The van der Waals surface area contributed by atoms with Crippen LogP contribution in [0.3, 0.4) is 0 Å². The third-order valence-corrected chi connectivity index (χ3v) is 3.56. The van der Waals surface area contributed by atoms with Crippen molar-refractivity contribution in [3.8, 4) is 0 Å². The van der Waals surface area contributed by atoms with Gasteiger partial charge in [-0.05, 0) is 49.2 Å². The first-order valence-electron chi connectivity index (χ1n) is 6.30. The first-order valence-corrected chi connectivity index (χ1v) is 7.09. The molecule has 0 aliphatic heterocycles. The van der Waals surface area contributed by atoms with Crippen molar-refractivity contribution >= 4 is 21.8 Å². The third-order valence-electron chi connectivity index (χ3n) is 3.07. The largest absolute Gasteiger partial charge is 0.345 e. The Hall–Kier alpha value is -1.68. The van der Waals surface area contributed by atoms with Crippen LogP contribution in [0.15, 0.2) is 46.9 Å². The predicted molar refractivity (Wildman–Crippen MR) is 81.2 cm³/mol. The van der Waals surface area contributed by atoms with Gasteiger partial charge in [-0.1, -0.05) is 34.1 Å². The number of aryl methyl sites for hydroxylation is 1. The van der Waals surface area contributed by atoms with Crippen LogP contribution in [0, 0.1) is 12.7 Å². The maximum Gasteiger partial charge on any atom is 0.254 e. The van der Waals surface area contributed by atoms with E-state index in [0.29, 0.717) is 0 Å². The van der Waals surface area contributed by atoms with Gasteiger partial charge >= 0.3 is 0 Å². The number of benzene rings is 2. The maximum absolute atomic E-state index is 13.7. The summed E-state index contributed by atoms with van der Waals surface area (Å²) < 4.78 is 14.7. The fourth-order valence-corrected chi connectivity index (χ4v) is 2.35. The Balaban J connectivity index is 2.15. The van der Waals surface area contributed by atoms with Gasteiger partial charge in [-0.15, -0.1) is 0 Å². The van der Waals surface area contributed by atoms with E-state index in [0.717, 1.165) is 15.6 Å². The summed E-state index contributed by atoms with van der Waals surface area (Å²) in [5, 5.41) is 2.80. The molecule has 2 nitrogen and oxygen atoms in total. The van der Waals surface area contributed by atoms with E-state index in [-0.39, 0.29) is 11.6 Å². The van der Waals surface area contributed by atoms with Crippen LogP contribution in [0.25, 0.3) is 0 Å². The van der Waals surface area contributed by atoms with Gasteiger partial charge in [-0.3, -0.25) is 4.79 Å². The minimum Gasteiger partial charge on any atom is -0.345 e. The molecule has 0 spiro atoms. The van der Waals surface area contributed by atoms with Crippen molar-refractivity contribution < 1.29 is 9.18 Å². The summed E-state index contributed by atoms with van der Waals surface area (Å²) >= 11 is 3.39. The van der Waals surface area contributed by atoms with E-state index >= 15 is 0 Å². The summed E-state index contributed by atoms with van der Waals surface area (Å²) in [6.07, 6.45) is 0. The zero-order valence-electron chi connectivity index (χ0n) is 11.3. The summed E-state index contributed by atoms with van der Waals surface area (Å²) in [7, 11) is 0. The molecule has 0 bridgehead atoms. The van der Waals surface area contributed by atoms with Crippen LogP contribution in [0.4, 0.5) is 4.39 Å². The quantitative estimate of drug-likeness (QED) is 0.885. The third kappa shape index (κ3) is 3.45. The second-order valence-electron chi connectivity index (χ2n) is 4.73. The molecule has 0 heterocycles. The van der Waals surface area contributed by atoms with Crippen molar-refractivity contribution in [2.75, 3.05) is 0 Å². The highest BCUT2D eigenvalue weighted by Gasteiger charge is 2.15. The Morgan fingerprint density at radius 3 is 2.65 bits per heavy atom. The molecule has 0 radical (unpaired) electrons. The summed E-state index contributed by atoms with van der Waals surface area (Å²) in [5.74, 6) is -0.904. The molecule has 1 amide bonds. The number of carbonyl (C=O) groups is 1. The van der Waals surface area contributed by atoms with Crippen molar-refractivity contribution in [3.05, 3.63) is 69.4 Å². The number of hydrogen-bond acceptors (Lipinski definition) is 1. The van der Waals surface area contributed by atoms with E-state index in [1.165, 1.54) is 12.1 Å². The zero-order chi connectivity index (χ0) is 14.7. The second-order valence-corrected chi connectivity index (χ2v) is 5.65. The van der Waals surface area contributed by atoms with Gasteiger partial charge < -0.3 is 5.32 Å². The number of carbonyl (C=O) groups excluding carboxylic acids is 1. The maximum atomic E-state index is 13.7. The molecule has 2 aromatic rings. The molecule has 104 valence electrons. The Bertz CT molecular complexity index is 642. The first-order chi connectivity index (χ1) is 9.47. The first kappa shape index (κ1) is 14.7. The van der Waals surface area contributed by atoms with E-state index in [1.54, 1.807) is 13.0 Å². The summed E-state index contributed by atoms with van der Waals surface area (Å²) in [6.45, 7) is 3.65. The highest BCUT2D eigenvalue weighted by molar-refractivity contribution is 9.10. The van der Waals surface area contributed by atoms with Crippen LogP contribution in [0.2, 0.25) is 0 Å². The Labute approximate surface area is 126 Å². The van der Waals surface area contributed by atoms with Crippen molar-refractivity contribution in [3.63, 3.8) is 0 Å². The molecule has 20 heavy (non-hydrogen) atoms. The number of nitrogens with one attached hydrogen (secondary N) is 1. The van der Waals surface area contributed by atoms with E-state index in [4.69, 9.17) is 0 Å². The summed E-state index contributed by atoms with van der Waals surface area (Å²) in [6, 6.07) is 12.1. The van der Waals surface area contributed by atoms with Crippen LogP contribution in [-0.2, 0) is 0 Å². The van der Waals surface area contributed by atoms with Crippen LogP contribution in [-0.4, -0.2) is 5.91 Å². The Morgan fingerprint density at radius 1 is 1.25 bits per heavy atom. The smallest absolute Gasteiger partial charge is 0.254 e. The molecular formula is C16H15BrFNO. The predicted octanol–water partition coefficient (Wildman–Crippen LogP) is 4.39. The van der Waals surface area contributed by atoms with E-state index in [1.807, 2.05) is 31.2 Å². The fraction of sp³-hybridized carbons (Fsp3) is 0.188. The van der Waals surface area contributed by atoms with Crippen LogP contribution in [0.1, 0.15) is 34.5 Å². The summed E-state index contributed by atoms with van der Waals surface area (Å²) in [4.78, 5) is 12.1.